The molecule has 0 spiro atoms. The number of rotatable bonds is 5. The lowest BCUT2D eigenvalue weighted by Crippen LogP contribution is -2.03. The molecule has 0 fully saturated rings. The maximum absolute atomic E-state index is 11.6. The lowest BCUT2D eigenvalue weighted by atomic mass is 10.3. The fraction of sp³-hybridized carbons (Fsp3) is 0.111. The summed E-state index contributed by atoms with van der Waals surface area (Å²) in [4.78, 5) is 6.17. The quantitative estimate of drug-likeness (QED) is 0.570. The van der Waals surface area contributed by atoms with Crippen molar-refractivity contribution in [2.45, 2.75) is 11.4 Å². The monoisotopic (exact) mass is 384 g/mol. The van der Waals surface area contributed by atoms with Crippen LogP contribution in [0.25, 0.3) is 16.7 Å². The van der Waals surface area contributed by atoms with E-state index in [-0.39, 0.29) is 4.90 Å². The predicted octanol–water partition coefficient (Wildman–Crippen LogP) is 3.50. The SMILES string of the molecule is CS(=O)(=O)c1ccc(-n2ncc3ccc(NCc4cccs4)nc32)cc1. The molecule has 4 aromatic rings. The number of anilines is 1. The summed E-state index contributed by atoms with van der Waals surface area (Å²) in [6.07, 6.45) is 2.94. The van der Waals surface area contributed by atoms with Crippen molar-refractivity contribution in [3.05, 3.63) is 65.0 Å². The van der Waals surface area contributed by atoms with E-state index < -0.39 is 9.84 Å². The average molecular weight is 384 g/mol. The highest BCUT2D eigenvalue weighted by atomic mass is 32.2. The molecule has 0 radical (unpaired) electrons. The summed E-state index contributed by atoms with van der Waals surface area (Å²) in [5.74, 6) is 0.764. The molecule has 0 amide bonds. The third-order valence-corrected chi connectivity index (χ3v) is 5.96. The smallest absolute Gasteiger partial charge is 0.175 e. The maximum atomic E-state index is 11.6. The zero-order valence-electron chi connectivity index (χ0n) is 14.0. The number of benzene rings is 1. The highest BCUT2D eigenvalue weighted by molar-refractivity contribution is 7.90. The van der Waals surface area contributed by atoms with Crippen LogP contribution < -0.4 is 5.32 Å². The van der Waals surface area contributed by atoms with Crippen LogP contribution in [0.3, 0.4) is 0 Å². The van der Waals surface area contributed by atoms with Gasteiger partial charge in [0.05, 0.1) is 23.3 Å². The molecule has 4 rings (SSSR count). The van der Waals surface area contributed by atoms with E-state index in [9.17, 15) is 8.42 Å². The molecule has 0 atom stereocenters. The van der Waals surface area contributed by atoms with Gasteiger partial charge in [0.25, 0.3) is 0 Å². The van der Waals surface area contributed by atoms with Crippen LogP contribution in [0.2, 0.25) is 0 Å². The number of nitrogens with one attached hydrogen (secondary N) is 1. The zero-order chi connectivity index (χ0) is 18.1. The summed E-state index contributed by atoms with van der Waals surface area (Å²) in [7, 11) is -3.22. The van der Waals surface area contributed by atoms with E-state index in [1.807, 2.05) is 23.6 Å². The van der Waals surface area contributed by atoms with Crippen LogP contribution in [0, 0.1) is 0 Å². The average Bonchev–Trinajstić information content (AvgIpc) is 3.28. The topological polar surface area (TPSA) is 76.9 Å². The van der Waals surface area contributed by atoms with E-state index in [1.54, 1.807) is 46.5 Å². The molecule has 1 N–H and O–H groups in total. The summed E-state index contributed by atoms with van der Waals surface area (Å²) in [6.45, 7) is 0.716. The third kappa shape index (κ3) is 3.33. The largest absolute Gasteiger partial charge is 0.365 e. The number of aromatic nitrogens is 3. The number of nitrogens with zero attached hydrogens (tertiary/aromatic N) is 3. The number of hydrogen-bond donors (Lipinski definition) is 1. The van der Waals surface area contributed by atoms with Gasteiger partial charge in [-0.2, -0.15) is 5.10 Å². The second-order valence-electron chi connectivity index (χ2n) is 5.86. The van der Waals surface area contributed by atoms with Crippen LogP contribution >= 0.6 is 11.3 Å². The lowest BCUT2D eigenvalue weighted by Gasteiger charge is -2.07. The Kier molecular flexibility index (Phi) is 4.21. The van der Waals surface area contributed by atoms with Crippen molar-refractivity contribution in [1.29, 1.82) is 0 Å². The van der Waals surface area contributed by atoms with Crippen molar-refractivity contribution in [3.8, 4) is 5.69 Å². The Morgan fingerprint density at radius 3 is 2.62 bits per heavy atom. The highest BCUT2D eigenvalue weighted by Crippen LogP contribution is 2.21. The Balaban J connectivity index is 1.66. The van der Waals surface area contributed by atoms with Crippen molar-refractivity contribution < 1.29 is 8.42 Å². The fourth-order valence-corrected chi connectivity index (χ4v) is 3.89. The predicted molar refractivity (Wildman–Crippen MR) is 104 cm³/mol. The number of fused-ring (bicyclic) bond motifs is 1. The summed E-state index contributed by atoms with van der Waals surface area (Å²) < 4.78 is 24.9. The van der Waals surface area contributed by atoms with E-state index in [0.29, 0.717) is 12.2 Å². The van der Waals surface area contributed by atoms with Gasteiger partial charge >= 0.3 is 0 Å². The highest BCUT2D eigenvalue weighted by Gasteiger charge is 2.10. The number of sulfone groups is 1. The van der Waals surface area contributed by atoms with Gasteiger partial charge in [-0.05, 0) is 47.8 Å². The van der Waals surface area contributed by atoms with Crippen LogP contribution in [0.4, 0.5) is 5.82 Å². The van der Waals surface area contributed by atoms with Gasteiger partial charge in [-0.25, -0.2) is 18.1 Å². The minimum absolute atomic E-state index is 0.281. The van der Waals surface area contributed by atoms with E-state index in [4.69, 9.17) is 0 Å². The molecular formula is C18H16N4O2S2. The molecule has 0 unspecified atom stereocenters. The molecule has 0 aliphatic rings. The molecule has 26 heavy (non-hydrogen) atoms. The Labute approximate surface area is 155 Å². The van der Waals surface area contributed by atoms with E-state index in [2.05, 4.69) is 21.5 Å². The number of pyridine rings is 1. The van der Waals surface area contributed by atoms with Gasteiger partial charge in [-0.3, -0.25) is 0 Å². The van der Waals surface area contributed by atoms with Gasteiger partial charge in [0, 0.05) is 16.5 Å². The summed E-state index contributed by atoms with van der Waals surface area (Å²) >= 11 is 1.69. The second-order valence-corrected chi connectivity index (χ2v) is 8.91. The Hall–Kier alpha value is -2.71. The lowest BCUT2D eigenvalue weighted by molar-refractivity contribution is 0.602. The first-order valence-electron chi connectivity index (χ1n) is 7.92. The Morgan fingerprint density at radius 1 is 1.12 bits per heavy atom. The summed E-state index contributed by atoms with van der Waals surface area (Å²) in [5.41, 5.74) is 1.48. The Morgan fingerprint density at radius 2 is 1.92 bits per heavy atom. The molecule has 6 nitrogen and oxygen atoms in total. The van der Waals surface area contributed by atoms with Crippen LogP contribution in [0.1, 0.15) is 4.88 Å². The van der Waals surface area contributed by atoms with Crippen LogP contribution in [0.5, 0.6) is 0 Å². The van der Waals surface area contributed by atoms with Gasteiger partial charge in [-0.1, -0.05) is 6.07 Å². The van der Waals surface area contributed by atoms with E-state index in [0.717, 1.165) is 16.9 Å². The van der Waals surface area contributed by atoms with Crippen molar-refractivity contribution in [2.24, 2.45) is 0 Å². The Bertz CT molecular complexity index is 1150. The first kappa shape index (κ1) is 16.7. The molecule has 1 aromatic carbocycles. The third-order valence-electron chi connectivity index (χ3n) is 3.95. The molecule has 3 heterocycles. The number of thiophene rings is 1. The first-order valence-corrected chi connectivity index (χ1v) is 10.7. The van der Waals surface area contributed by atoms with Crippen LogP contribution in [-0.4, -0.2) is 29.4 Å². The molecule has 132 valence electrons. The number of hydrogen-bond acceptors (Lipinski definition) is 6. The molecule has 0 saturated carbocycles. The van der Waals surface area contributed by atoms with Gasteiger partial charge in [0.1, 0.15) is 5.82 Å². The molecular weight excluding hydrogens is 368 g/mol. The maximum Gasteiger partial charge on any atom is 0.175 e. The van der Waals surface area contributed by atoms with Gasteiger partial charge in [0.2, 0.25) is 0 Å². The van der Waals surface area contributed by atoms with Gasteiger partial charge < -0.3 is 5.32 Å². The first-order chi connectivity index (χ1) is 12.5. The van der Waals surface area contributed by atoms with Crippen molar-refractivity contribution in [2.75, 3.05) is 11.6 Å². The summed E-state index contributed by atoms with van der Waals surface area (Å²) in [6, 6.07) is 14.6. The zero-order valence-corrected chi connectivity index (χ0v) is 15.6. The molecule has 0 bridgehead atoms. The van der Waals surface area contributed by atoms with E-state index >= 15 is 0 Å². The normalized spacial score (nSPS) is 11.7. The van der Waals surface area contributed by atoms with Gasteiger partial charge in [-0.15, -0.1) is 11.3 Å². The van der Waals surface area contributed by atoms with Crippen molar-refractivity contribution >= 4 is 38.0 Å². The van der Waals surface area contributed by atoms with Crippen molar-refractivity contribution in [1.82, 2.24) is 14.8 Å². The van der Waals surface area contributed by atoms with E-state index in [1.165, 1.54) is 11.1 Å². The van der Waals surface area contributed by atoms with Crippen LogP contribution in [-0.2, 0) is 16.4 Å². The minimum atomic E-state index is -3.22. The molecule has 3 aromatic heterocycles. The fourth-order valence-electron chi connectivity index (χ4n) is 2.62. The molecule has 8 heteroatoms. The summed E-state index contributed by atoms with van der Waals surface area (Å²) in [5, 5.41) is 10.7. The van der Waals surface area contributed by atoms with Gasteiger partial charge in [0.15, 0.2) is 15.5 Å². The molecule has 0 saturated heterocycles. The molecule has 0 aliphatic heterocycles. The minimum Gasteiger partial charge on any atom is -0.365 e. The second kappa shape index (κ2) is 6.54. The standard InChI is InChI=1S/C18H16N4O2S2/c1-26(23,24)16-7-5-14(6-8-16)22-18-13(11-20-22)4-9-17(21-18)19-12-15-3-2-10-25-15/h2-11H,12H2,1H3,(H,19,21). The van der Waals surface area contributed by atoms with Crippen LogP contribution in [0.15, 0.2) is 65.0 Å². The molecule has 0 aliphatic carbocycles. The van der Waals surface area contributed by atoms with Crippen molar-refractivity contribution in [3.63, 3.8) is 0 Å².